The summed E-state index contributed by atoms with van der Waals surface area (Å²) in [6.07, 6.45) is 4.21. The third-order valence-electron chi connectivity index (χ3n) is 6.55. The number of piperidine rings is 1. The molecular formula is C28H37N5O2. The molecule has 1 unspecified atom stereocenters. The number of benzene rings is 2. The maximum atomic E-state index is 12.4. The van der Waals surface area contributed by atoms with Gasteiger partial charge in [0, 0.05) is 48.9 Å². The van der Waals surface area contributed by atoms with Crippen molar-refractivity contribution in [2.75, 3.05) is 53.4 Å². The van der Waals surface area contributed by atoms with Crippen molar-refractivity contribution in [3.8, 4) is 11.1 Å². The molecule has 4 rings (SSSR count). The number of carbonyl (C=O) groups excluding carboxylic acids is 1. The summed E-state index contributed by atoms with van der Waals surface area (Å²) in [5, 5.41) is 10.6. The Balaban J connectivity index is 1.31. The summed E-state index contributed by atoms with van der Waals surface area (Å²) in [4.78, 5) is 16.9. The normalized spacial score (nSPS) is 16.5. The molecule has 7 heteroatoms. The molecule has 1 aromatic heterocycles. The number of nitrogens with one attached hydrogen (secondary N) is 2. The topological polar surface area (TPSA) is 73.5 Å². The number of nitrogens with zero attached hydrogens (tertiary/aromatic N) is 3. The van der Waals surface area contributed by atoms with Crippen LogP contribution in [0.4, 0.5) is 0 Å². The van der Waals surface area contributed by atoms with E-state index < -0.39 is 0 Å². The molecule has 0 bridgehead atoms. The first-order valence-corrected chi connectivity index (χ1v) is 12.5. The van der Waals surface area contributed by atoms with Crippen molar-refractivity contribution in [1.82, 2.24) is 25.3 Å². The highest BCUT2D eigenvalue weighted by molar-refractivity contribution is 5.94. The number of H-pyrrole nitrogens is 1. The molecule has 1 atom stereocenters. The van der Waals surface area contributed by atoms with Crippen LogP contribution < -0.4 is 5.32 Å². The molecule has 3 aromatic rings. The molecule has 0 spiro atoms. The first-order chi connectivity index (χ1) is 17.1. The minimum absolute atomic E-state index is 0.0387. The van der Waals surface area contributed by atoms with Gasteiger partial charge in [0.2, 0.25) is 0 Å². The predicted molar refractivity (Wildman–Crippen MR) is 139 cm³/mol. The Bertz CT molecular complexity index is 1050. The fourth-order valence-electron chi connectivity index (χ4n) is 4.59. The summed E-state index contributed by atoms with van der Waals surface area (Å²) in [6.45, 7) is 5.88. The van der Waals surface area contributed by atoms with Crippen LogP contribution in [0, 0.1) is 0 Å². The van der Waals surface area contributed by atoms with Crippen molar-refractivity contribution in [3.63, 3.8) is 0 Å². The highest BCUT2D eigenvalue weighted by atomic mass is 16.5. The van der Waals surface area contributed by atoms with Crippen LogP contribution in [0.15, 0.2) is 60.8 Å². The van der Waals surface area contributed by atoms with Crippen LogP contribution in [-0.2, 0) is 11.3 Å². The second-order valence-electron chi connectivity index (χ2n) is 9.51. The van der Waals surface area contributed by atoms with Gasteiger partial charge in [-0.15, -0.1) is 0 Å². The number of ether oxygens (including phenoxy) is 1. The predicted octanol–water partition coefficient (Wildman–Crippen LogP) is 3.76. The number of amides is 1. The number of hydrogen-bond acceptors (Lipinski definition) is 5. The molecule has 186 valence electrons. The van der Waals surface area contributed by atoms with Crippen molar-refractivity contribution in [2.24, 2.45) is 0 Å². The van der Waals surface area contributed by atoms with Gasteiger partial charge in [0.05, 0.1) is 19.4 Å². The van der Waals surface area contributed by atoms with E-state index in [-0.39, 0.29) is 5.91 Å². The molecule has 1 aliphatic rings. The van der Waals surface area contributed by atoms with E-state index in [1.165, 1.54) is 11.3 Å². The summed E-state index contributed by atoms with van der Waals surface area (Å²) < 4.78 is 5.91. The van der Waals surface area contributed by atoms with Crippen LogP contribution in [0.25, 0.3) is 11.1 Å². The minimum Gasteiger partial charge on any atom is -0.375 e. The summed E-state index contributed by atoms with van der Waals surface area (Å²) >= 11 is 0. The number of rotatable bonds is 11. The zero-order valence-electron chi connectivity index (χ0n) is 20.9. The van der Waals surface area contributed by atoms with E-state index in [0.717, 1.165) is 56.8 Å². The number of likely N-dealkylation sites (tertiary alicyclic amines) is 1. The second-order valence-corrected chi connectivity index (χ2v) is 9.51. The molecule has 0 radical (unpaired) electrons. The molecule has 2 N–H and O–H groups in total. The van der Waals surface area contributed by atoms with Crippen molar-refractivity contribution in [3.05, 3.63) is 77.6 Å². The summed E-state index contributed by atoms with van der Waals surface area (Å²) in [5.74, 6) is 0.368. The zero-order chi connectivity index (χ0) is 24.5. The van der Waals surface area contributed by atoms with E-state index >= 15 is 0 Å². The fourth-order valence-corrected chi connectivity index (χ4v) is 4.59. The molecule has 7 nitrogen and oxygen atoms in total. The van der Waals surface area contributed by atoms with E-state index in [1.807, 2.05) is 67.7 Å². The number of likely N-dealkylation sites (N-methyl/N-ethyl adjacent to an activating group) is 1. The van der Waals surface area contributed by atoms with Crippen LogP contribution in [0.1, 0.15) is 40.4 Å². The Morgan fingerprint density at radius 2 is 1.97 bits per heavy atom. The lowest BCUT2D eigenvalue weighted by atomic mass is 9.90. The van der Waals surface area contributed by atoms with E-state index in [4.69, 9.17) is 4.74 Å². The van der Waals surface area contributed by atoms with Gasteiger partial charge in [0.15, 0.2) is 0 Å². The van der Waals surface area contributed by atoms with Gasteiger partial charge in [-0.05, 0) is 56.7 Å². The molecule has 2 heterocycles. The number of aromatic nitrogens is 2. The Kier molecular flexibility index (Phi) is 9.06. The average molecular weight is 476 g/mol. The Morgan fingerprint density at radius 1 is 1.17 bits per heavy atom. The molecule has 1 aliphatic heterocycles. The maximum Gasteiger partial charge on any atom is 0.251 e. The Hall–Kier alpha value is -3.00. The van der Waals surface area contributed by atoms with E-state index in [1.54, 1.807) is 0 Å². The first-order valence-electron chi connectivity index (χ1n) is 12.5. The van der Waals surface area contributed by atoms with Gasteiger partial charge in [-0.3, -0.25) is 9.89 Å². The average Bonchev–Trinajstić information content (AvgIpc) is 3.37. The SMILES string of the molecule is CN(C)CCNC(=O)c1ccc(-c2cn[nH]c2C2CCCN(CCOCc3ccccc3)C2)cc1. The molecule has 1 saturated heterocycles. The lowest BCUT2D eigenvalue weighted by Gasteiger charge is -2.32. The van der Waals surface area contributed by atoms with Gasteiger partial charge < -0.3 is 19.9 Å². The molecular weight excluding hydrogens is 438 g/mol. The van der Waals surface area contributed by atoms with Gasteiger partial charge in [0.1, 0.15) is 0 Å². The van der Waals surface area contributed by atoms with Gasteiger partial charge in [-0.2, -0.15) is 5.10 Å². The van der Waals surface area contributed by atoms with Crippen molar-refractivity contribution in [1.29, 1.82) is 0 Å². The van der Waals surface area contributed by atoms with Crippen LogP contribution >= 0.6 is 0 Å². The zero-order valence-corrected chi connectivity index (χ0v) is 20.9. The van der Waals surface area contributed by atoms with E-state index in [0.29, 0.717) is 24.6 Å². The van der Waals surface area contributed by atoms with Crippen LogP contribution in [0.2, 0.25) is 0 Å². The van der Waals surface area contributed by atoms with E-state index in [2.05, 4.69) is 32.5 Å². The monoisotopic (exact) mass is 475 g/mol. The largest absolute Gasteiger partial charge is 0.375 e. The molecule has 35 heavy (non-hydrogen) atoms. The molecule has 0 aliphatic carbocycles. The third kappa shape index (κ3) is 7.24. The second kappa shape index (κ2) is 12.6. The number of carbonyl (C=O) groups is 1. The molecule has 1 amide bonds. The van der Waals surface area contributed by atoms with Crippen LogP contribution in [0.3, 0.4) is 0 Å². The standard InChI is InChI=1S/C28H37N5O2/c1-32(2)16-14-29-28(34)24-12-10-23(11-13-24)26-19-30-31-27(26)25-9-6-15-33(20-25)17-18-35-21-22-7-4-3-5-8-22/h3-5,7-8,10-13,19,25H,6,9,14-18,20-21H2,1-2H3,(H,29,34)(H,30,31). The van der Waals surface area contributed by atoms with E-state index in [9.17, 15) is 4.79 Å². The molecule has 2 aromatic carbocycles. The Labute approximate surface area is 208 Å². The van der Waals surface area contributed by atoms with Gasteiger partial charge in [-0.25, -0.2) is 0 Å². The highest BCUT2D eigenvalue weighted by Crippen LogP contribution is 2.33. The third-order valence-corrected chi connectivity index (χ3v) is 6.55. The number of aromatic amines is 1. The van der Waals surface area contributed by atoms with Crippen molar-refractivity contribution >= 4 is 5.91 Å². The van der Waals surface area contributed by atoms with Gasteiger partial charge in [-0.1, -0.05) is 42.5 Å². The lowest BCUT2D eigenvalue weighted by molar-refractivity contribution is 0.0827. The minimum atomic E-state index is -0.0387. The fraction of sp³-hybridized carbons (Fsp3) is 0.429. The maximum absolute atomic E-state index is 12.4. The van der Waals surface area contributed by atoms with Crippen molar-refractivity contribution < 1.29 is 9.53 Å². The lowest BCUT2D eigenvalue weighted by Crippen LogP contribution is -2.36. The van der Waals surface area contributed by atoms with Gasteiger partial charge >= 0.3 is 0 Å². The first kappa shape index (κ1) is 25.1. The molecule has 0 saturated carbocycles. The van der Waals surface area contributed by atoms with Gasteiger partial charge in [0.25, 0.3) is 5.91 Å². The summed E-state index contributed by atoms with van der Waals surface area (Å²) in [7, 11) is 3.99. The smallest absolute Gasteiger partial charge is 0.251 e. The van der Waals surface area contributed by atoms with Crippen LogP contribution in [-0.4, -0.2) is 79.3 Å². The number of hydrogen-bond donors (Lipinski definition) is 2. The van der Waals surface area contributed by atoms with Crippen LogP contribution in [0.5, 0.6) is 0 Å². The highest BCUT2D eigenvalue weighted by Gasteiger charge is 2.25. The summed E-state index contributed by atoms with van der Waals surface area (Å²) in [5.41, 5.74) is 5.28. The molecule has 1 fully saturated rings. The van der Waals surface area contributed by atoms with Crippen molar-refractivity contribution in [2.45, 2.75) is 25.4 Å². The quantitative estimate of drug-likeness (QED) is 0.413. The summed E-state index contributed by atoms with van der Waals surface area (Å²) in [6, 6.07) is 18.2. The Morgan fingerprint density at radius 3 is 2.74 bits per heavy atom.